The zero-order valence-corrected chi connectivity index (χ0v) is 18.3. The molecule has 2 aromatic carbocycles. The van der Waals surface area contributed by atoms with E-state index in [1.807, 2.05) is 0 Å². The summed E-state index contributed by atoms with van der Waals surface area (Å²) in [5.41, 5.74) is 2.04. The first-order valence-corrected chi connectivity index (χ1v) is 10.5. The molecule has 3 rings (SSSR count). The lowest BCUT2D eigenvalue weighted by Crippen LogP contribution is -2.41. The number of piperidine rings is 1. The number of likely N-dealkylation sites (tertiary alicyclic amines) is 1. The Morgan fingerprint density at radius 2 is 1.70 bits per heavy atom. The van der Waals surface area contributed by atoms with Gasteiger partial charge >= 0.3 is 0 Å². The minimum Gasteiger partial charge on any atom is -0.497 e. The molecule has 1 heterocycles. The van der Waals surface area contributed by atoms with Gasteiger partial charge in [-0.15, -0.1) is 0 Å². The third kappa shape index (κ3) is 6.75. The van der Waals surface area contributed by atoms with Crippen LogP contribution in [0.4, 0.5) is 5.69 Å². The Morgan fingerprint density at radius 3 is 2.30 bits per heavy atom. The van der Waals surface area contributed by atoms with Crippen molar-refractivity contribution in [2.45, 2.75) is 19.4 Å². The van der Waals surface area contributed by atoms with Gasteiger partial charge in [-0.2, -0.15) is 0 Å². The van der Waals surface area contributed by atoms with Crippen molar-refractivity contribution in [2.24, 2.45) is 5.92 Å². The zero-order valence-electron chi connectivity index (χ0n) is 18.3. The number of carbonyl (C=O) groups excluding carboxylic acids is 1. The van der Waals surface area contributed by atoms with Gasteiger partial charge in [-0.25, -0.2) is 0 Å². The minimum absolute atomic E-state index is 0.00930. The number of ether oxygens (including phenoxy) is 2. The molecule has 1 aliphatic heterocycles. The van der Waals surface area contributed by atoms with Gasteiger partial charge in [-0.05, 0) is 44.5 Å². The van der Waals surface area contributed by atoms with Crippen molar-refractivity contribution < 1.29 is 14.3 Å². The summed E-state index contributed by atoms with van der Waals surface area (Å²) in [6.45, 7) is 4.40. The van der Waals surface area contributed by atoms with Gasteiger partial charge < -0.3 is 19.7 Å². The number of benzene rings is 2. The highest BCUT2D eigenvalue weighted by Crippen LogP contribution is 2.26. The maximum atomic E-state index is 12.5. The lowest BCUT2D eigenvalue weighted by Gasteiger charge is -2.33. The third-order valence-corrected chi connectivity index (χ3v) is 5.57. The summed E-state index contributed by atoms with van der Waals surface area (Å²) in [6.07, 6.45) is 2.25. The highest BCUT2D eigenvalue weighted by atomic mass is 16.5. The van der Waals surface area contributed by atoms with Gasteiger partial charge in [-0.3, -0.25) is 9.69 Å². The fourth-order valence-corrected chi connectivity index (χ4v) is 4.01. The first kappa shape index (κ1) is 22.1. The van der Waals surface area contributed by atoms with Crippen molar-refractivity contribution in [3.8, 4) is 11.5 Å². The average Bonchev–Trinajstić information content (AvgIpc) is 2.75. The monoisotopic (exact) mass is 411 g/mol. The molecule has 1 aliphatic rings. The van der Waals surface area contributed by atoms with Gasteiger partial charge in [0.15, 0.2) is 0 Å². The molecule has 0 saturated carbocycles. The molecule has 162 valence electrons. The second kappa shape index (κ2) is 11.0. The number of hydrogen-bond donors (Lipinski definition) is 1. The van der Waals surface area contributed by atoms with Crippen LogP contribution in [0.15, 0.2) is 48.5 Å². The van der Waals surface area contributed by atoms with Crippen molar-refractivity contribution >= 4 is 11.6 Å². The van der Waals surface area contributed by atoms with Gasteiger partial charge in [0.05, 0.1) is 20.8 Å². The van der Waals surface area contributed by atoms with Crippen molar-refractivity contribution in [3.05, 3.63) is 54.1 Å². The fraction of sp³-hybridized carbons (Fsp3) is 0.458. The Kier molecular flexibility index (Phi) is 8.11. The van der Waals surface area contributed by atoms with Gasteiger partial charge in [-0.1, -0.05) is 30.3 Å². The predicted octanol–water partition coefficient (Wildman–Crippen LogP) is 3.49. The molecule has 0 unspecified atom stereocenters. The zero-order chi connectivity index (χ0) is 21.3. The first-order chi connectivity index (χ1) is 14.6. The van der Waals surface area contributed by atoms with E-state index in [-0.39, 0.29) is 5.91 Å². The maximum absolute atomic E-state index is 12.5. The van der Waals surface area contributed by atoms with E-state index in [0.717, 1.165) is 39.0 Å². The molecule has 1 fully saturated rings. The molecule has 0 atom stereocenters. The number of carbonyl (C=O) groups is 1. The quantitative estimate of drug-likeness (QED) is 0.685. The number of anilines is 1. The molecule has 6 heteroatoms. The van der Waals surface area contributed by atoms with Crippen LogP contribution >= 0.6 is 0 Å². The highest BCUT2D eigenvalue weighted by molar-refractivity contribution is 5.92. The Hall–Kier alpha value is -2.57. The van der Waals surface area contributed by atoms with Crippen LogP contribution in [0.5, 0.6) is 11.5 Å². The molecule has 1 amide bonds. The van der Waals surface area contributed by atoms with Gasteiger partial charge in [0.2, 0.25) is 5.91 Å². The van der Waals surface area contributed by atoms with E-state index in [2.05, 4.69) is 52.5 Å². The molecule has 0 bridgehead atoms. The van der Waals surface area contributed by atoms with Crippen LogP contribution < -0.4 is 14.8 Å². The second-order valence-corrected chi connectivity index (χ2v) is 8.05. The van der Waals surface area contributed by atoms with Crippen LogP contribution in [0, 0.1) is 5.92 Å². The second-order valence-electron chi connectivity index (χ2n) is 8.05. The number of methoxy groups -OCH3 is 2. The Morgan fingerprint density at radius 1 is 1.07 bits per heavy atom. The van der Waals surface area contributed by atoms with Crippen LogP contribution in [0.25, 0.3) is 0 Å². The summed E-state index contributed by atoms with van der Waals surface area (Å²) in [5, 5.41) is 2.96. The van der Waals surface area contributed by atoms with E-state index in [0.29, 0.717) is 29.6 Å². The summed E-state index contributed by atoms with van der Waals surface area (Å²) >= 11 is 0. The summed E-state index contributed by atoms with van der Waals surface area (Å²) in [7, 11) is 5.39. The van der Waals surface area contributed by atoms with Crippen LogP contribution in [-0.2, 0) is 11.3 Å². The smallest absolute Gasteiger partial charge is 0.238 e. The molecular weight excluding hydrogens is 378 g/mol. The highest BCUT2D eigenvalue weighted by Gasteiger charge is 2.22. The third-order valence-electron chi connectivity index (χ3n) is 5.57. The van der Waals surface area contributed by atoms with Crippen molar-refractivity contribution in [1.29, 1.82) is 0 Å². The van der Waals surface area contributed by atoms with Gasteiger partial charge in [0, 0.05) is 37.0 Å². The molecule has 0 radical (unpaired) electrons. The summed E-state index contributed by atoms with van der Waals surface area (Å²) < 4.78 is 10.5. The van der Waals surface area contributed by atoms with Gasteiger partial charge in [0.25, 0.3) is 0 Å². The summed E-state index contributed by atoms with van der Waals surface area (Å²) in [5.74, 6) is 1.99. The molecule has 6 nitrogen and oxygen atoms in total. The normalized spacial score (nSPS) is 15.2. The van der Waals surface area contributed by atoms with Crippen molar-refractivity contribution in [1.82, 2.24) is 9.80 Å². The number of nitrogens with zero attached hydrogens (tertiary/aromatic N) is 2. The topological polar surface area (TPSA) is 54.0 Å². The molecule has 1 N–H and O–H groups in total. The van der Waals surface area contributed by atoms with Crippen molar-refractivity contribution in [2.75, 3.05) is 52.8 Å². The van der Waals surface area contributed by atoms with Crippen LogP contribution in [0.1, 0.15) is 18.4 Å². The predicted molar refractivity (Wildman–Crippen MR) is 120 cm³/mol. The van der Waals surface area contributed by atoms with Gasteiger partial charge in [0.1, 0.15) is 11.5 Å². The molecule has 2 aromatic rings. The minimum atomic E-state index is -0.00930. The molecule has 30 heavy (non-hydrogen) atoms. The molecule has 0 aromatic heterocycles. The number of amides is 1. The van der Waals surface area contributed by atoms with Crippen LogP contribution in [0.3, 0.4) is 0 Å². The number of rotatable bonds is 9. The fourth-order valence-electron chi connectivity index (χ4n) is 4.01. The lowest BCUT2D eigenvalue weighted by molar-refractivity contribution is -0.117. The van der Waals surface area contributed by atoms with Crippen LogP contribution in [0.2, 0.25) is 0 Å². The van der Waals surface area contributed by atoms with E-state index in [1.54, 1.807) is 32.4 Å². The SMILES string of the molecule is COc1cc(NC(=O)CN2CCC(CN(C)Cc3ccccc3)CC2)cc(OC)c1. The number of nitrogens with one attached hydrogen (secondary N) is 1. The van der Waals surface area contributed by atoms with Crippen molar-refractivity contribution in [3.63, 3.8) is 0 Å². The lowest BCUT2D eigenvalue weighted by atomic mass is 9.96. The average molecular weight is 412 g/mol. The molecule has 0 spiro atoms. The van der Waals surface area contributed by atoms with Crippen LogP contribution in [-0.4, -0.2) is 63.2 Å². The summed E-state index contributed by atoms with van der Waals surface area (Å²) in [4.78, 5) is 17.1. The first-order valence-electron chi connectivity index (χ1n) is 10.5. The number of hydrogen-bond acceptors (Lipinski definition) is 5. The van der Waals surface area contributed by atoms with E-state index in [4.69, 9.17) is 9.47 Å². The standard InChI is InChI=1S/C24H33N3O3/c1-26(16-19-7-5-4-6-8-19)17-20-9-11-27(12-10-20)18-24(28)25-21-13-22(29-2)15-23(14-21)30-3/h4-8,13-15,20H,9-12,16-18H2,1-3H3,(H,25,28). The van der Waals surface area contributed by atoms with E-state index >= 15 is 0 Å². The molecular formula is C24H33N3O3. The van der Waals surface area contributed by atoms with E-state index in [1.165, 1.54) is 5.56 Å². The maximum Gasteiger partial charge on any atom is 0.238 e. The Bertz CT molecular complexity index is 782. The van der Waals surface area contributed by atoms with E-state index in [9.17, 15) is 4.79 Å². The summed E-state index contributed by atoms with van der Waals surface area (Å²) in [6, 6.07) is 16.0. The molecule has 0 aliphatic carbocycles. The van der Waals surface area contributed by atoms with E-state index < -0.39 is 0 Å². The Balaban J connectivity index is 1.41. The molecule has 1 saturated heterocycles. The largest absolute Gasteiger partial charge is 0.497 e. The Labute approximate surface area is 179 Å².